The fourth-order valence-electron chi connectivity index (χ4n) is 8.05. The highest BCUT2D eigenvalue weighted by atomic mass is 16.6. The van der Waals surface area contributed by atoms with Crippen LogP contribution in [0.15, 0.2) is 85.1 Å². The van der Waals surface area contributed by atoms with Crippen LogP contribution in [0.3, 0.4) is 0 Å². The van der Waals surface area contributed by atoms with Gasteiger partial charge in [0.25, 0.3) is 0 Å². The van der Waals surface area contributed by atoms with Crippen molar-refractivity contribution in [1.82, 2.24) is 0 Å². The monoisotopic (exact) mass is 961 g/mol. The van der Waals surface area contributed by atoms with Crippen LogP contribution in [0.5, 0.6) is 0 Å². The predicted octanol–water partition coefficient (Wildman–Crippen LogP) is 19.5. The van der Waals surface area contributed by atoms with Crippen molar-refractivity contribution in [2.45, 2.75) is 284 Å². The zero-order valence-corrected chi connectivity index (χ0v) is 45.3. The molecule has 0 aromatic heterocycles. The molecule has 6 nitrogen and oxygen atoms in total. The lowest BCUT2D eigenvalue weighted by molar-refractivity contribution is -0.167. The van der Waals surface area contributed by atoms with Crippen LogP contribution in [0, 0.1) is 0 Å². The molecule has 0 aliphatic heterocycles. The summed E-state index contributed by atoms with van der Waals surface area (Å²) in [5.74, 6) is -0.921. The average Bonchev–Trinajstić information content (AvgIpc) is 3.35. The number of hydrogen-bond donors (Lipinski definition) is 0. The van der Waals surface area contributed by atoms with E-state index in [9.17, 15) is 14.4 Å². The van der Waals surface area contributed by atoms with E-state index < -0.39 is 6.10 Å². The first-order chi connectivity index (χ1) is 34.0. The van der Waals surface area contributed by atoms with E-state index in [1.807, 2.05) is 0 Å². The Labute approximate surface area is 426 Å². The van der Waals surface area contributed by atoms with Gasteiger partial charge in [-0.15, -0.1) is 0 Å². The van der Waals surface area contributed by atoms with Crippen LogP contribution >= 0.6 is 0 Å². The number of allylic oxidation sites excluding steroid dienone is 14. The molecule has 0 aliphatic rings. The van der Waals surface area contributed by atoms with Gasteiger partial charge >= 0.3 is 17.9 Å². The van der Waals surface area contributed by atoms with Crippen molar-refractivity contribution in [2.75, 3.05) is 13.2 Å². The molecule has 0 radical (unpaired) electrons. The second-order valence-corrected chi connectivity index (χ2v) is 19.1. The maximum atomic E-state index is 12.8. The smallest absolute Gasteiger partial charge is 0.306 e. The molecule has 0 heterocycles. The molecule has 0 rings (SSSR count). The molecule has 1 atom stereocenters. The molecular weight excluding hydrogens is 853 g/mol. The standard InChI is InChI=1S/C63H108O6/c1-4-7-10-13-16-19-22-25-28-29-30-31-32-33-36-38-41-44-47-50-53-56-62(65)68-59-60(69-63(66)57-54-51-48-45-42-39-35-27-24-21-18-15-12-9-6-3)58-67-61(64)55-52-49-46-43-40-37-34-26-23-20-17-14-11-8-5-2/h8-9,11-12,17-18,20-21,26-27,29-30,34-35,60H,4-7,10,13-16,19,22-25,28,31-33,36-59H2,1-3H3/b11-8-,12-9-,20-17-,21-18-,30-29-,34-26-,35-27-. The zero-order valence-electron chi connectivity index (χ0n) is 45.3. The first kappa shape index (κ1) is 65.6. The lowest BCUT2D eigenvalue weighted by Crippen LogP contribution is -2.30. The van der Waals surface area contributed by atoms with E-state index in [0.29, 0.717) is 19.3 Å². The Morgan fingerprint density at radius 2 is 0.565 bits per heavy atom. The van der Waals surface area contributed by atoms with E-state index in [1.165, 1.54) is 103 Å². The van der Waals surface area contributed by atoms with Gasteiger partial charge in [-0.2, -0.15) is 0 Å². The Hall–Kier alpha value is -3.41. The number of ether oxygens (including phenoxy) is 3. The number of hydrogen-bond acceptors (Lipinski definition) is 6. The van der Waals surface area contributed by atoms with Gasteiger partial charge in [-0.05, 0) is 109 Å². The summed E-state index contributed by atoms with van der Waals surface area (Å²) >= 11 is 0. The van der Waals surface area contributed by atoms with Crippen molar-refractivity contribution in [1.29, 1.82) is 0 Å². The maximum absolute atomic E-state index is 12.8. The van der Waals surface area contributed by atoms with Gasteiger partial charge in [-0.3, -0.25) is 14.4 Å². The lowest BCUT2D eigenvalue weighted by atomic mass is 10.1. The summed E-state index contributed by atoms with van der Waals surface area (Å²) in [7, 11) is 0. The molecule has 0 bridgehead atoms. The van der Waals surface area contributed by atoms with E-state index in [1.54, 1.807) is 0 Å². The summed E-state index contributed by atoms with van der Waals surface area (Å²) in [4.78, 5) is 38.2. The summed E-state index contributed by atoms with van der Waals surface area (Å²) in [6, 6.07) is 0. The van der Waals surface area contributed by atoms with Crippen LogP contribution in [-0.4, -0.2) is 37.2 Å². The Balaban J connectivity index is 4.38. The molecule has 0 saturated heterocycles. The first-order valence-corrected chi connectivity index (χ1v) is 29.1. The molecule has 0 aliphatic carbocycles. The largest absolute Gasteiger partial charge is 0.462 e. The van der Waals surface area contributed by atoms with Gasteiger partial charge in [0, 0.05) is 19.3 Å². The molecule has 0 N–H and O–H groups in total. The Morgan fingerprint density at radius 3 is 0.899 bits per heavy atom. The molecule has 69 heavy (non-hydrogen) atoms. The van der Waals surface area contributed by atoms with Gasteiger partial charge in [-0.25, -0.2) is 0 Å². The highest BCUT2D eigenvalue weighted by Crippen LogP contribution is 2.15. The molecule has 6 heteroatoms. The van der Waals surface area contributed by atoms with Gasteiger partial charge in [0.15, 0.2) is 6.10 Å². The van der Waals surface area contributed by atoms with Crippen LogP contribution in [-0.2, 0) is 28.6 Å². The van der Waals surface area contributed by atoms with Crippen molar-refractivity contribution in [2.24, 2.45) is 0 Å². The summed E-state index contributed by atoms with van der Waals surface area (Å²) < 4.78 is 16.8. The second kappa shape index (κ2) is 57.2. The Kier molecular flexibility index (Phi) is 54.3. The minimum absolute atomic E-state index is 0.0901. The molecule has 1 unspecified atom stereocenters. The minimum Gasteiger partial charge on any atom is -0.462 e. The molecular formula is C63H108O6. The number of carbonyl (C=O) groups is 3. The fourth-order valence-corrected chi connectivity index (χ4v) is 8.05. The van der Waals surface area contributed by atoms with Crippen molar-refractivity contribution in [3.8, 4) is 0 Å². The van der Waals surface area contributed by atoms with E-state index in [2.05, 4.69) is 106 Å². The SMILES string of the molecule is CC/C=C\C/C=C\C/C=C\CCCCCCCC(=O)OCC(COC(=O)CCCCCCCCCCC/C=C\CCCCCCCCCC)OC(=O)CCCCCCC/C=C\C/C=C\C/C=C\CC. The van der Waals surface area contributed by atoms with Crippen LogP contribution in [0.25, 0.3) is 0 Å². The molecule has 0 aromatic rings. The summed E-state index contributed by atoms with van der Waals surface area (Å²) in [6.07, 6.45) is 74.3. The Morgan fingerprint density at radius 1 is 0.304 bits per heavy atom. The molecule has 396 valence electrons. The molecule has 0 fully saturated rings. The lowest BCUT2D eigenvalue weighted by Gasteiger charge is -2.18. The molecule has 0 saturated carbocycles. The van der Waals surface area contributed by atoms with Gasteiger partial charge in [0.1, 0.15) is 13.2 Å². The van der Waals surface area contributed by atoms with Crippen LogP contribution < -0.4 is 0 Å². The third-order valence-corrected chi connectivity index (χ3v) is 12.4. The normalized spacial score (nSPS) is 12.7. The number of esters is 3. The van der Waals surface area contributed by atoms with E-state index >= 15 is 0 Å². The molecule has 0 spiro atoms. The van der Waals surface area contributed by atoms with E-state index in [4.69, 9.17) is 14.2 Å². The van der Waals surface area contributed by atoms with Gasteiger partial charge in [0.2, 0.25) is 0 Å². The summed E-state index contributed by atoms with van der Waals surface area (Å²) in [5, 5.41) is 0. The quantitative estimate of drug-likeness (QED) is 0.0262. The van der Waals surface area contributed by atoms with Gasteiger partial charge in [0.05, 0.1) is 0 Å². The minimum atomic E-state index is -0.794. The van der Waals surface area contributed by atoms with Crippen molar-refractivity contribution >= 4 is 17.9 Å². The number of unbranched alkanes of at least 4 members (excludes halogenated alkanes) is 27. The topological polar surface area (TPSA) is 78.9 Å². The molecule has 0 amide bonds. The number of rotatable bonds is 52. The van der Waals surface area contributed by atoms with Crippen LogP contribution in [0.1, 0.15) is 278 Å². The van der Waals surface area contributed by atoms with Crippen molar-refractivity contribution in [3.63, 3.8) is 0 Å². The van der Waals surface area contributed by atoms with Crippen molar-refractivity contribution < 1.29 is 28.6 Å². The highest BCUT2D eigenvalue weighted by molar-refractivity contribution is 5.71. The average molecular weight is 962 g/mol. The van der Waals surface area contributed by atoms with E-state index in [-0.39, 0.29) is 31.1 Å². The van der Waals surface area contributed by atoms with Crippen LogP contribution in [0.4, 0.5) is 0 Å². The predicted molar refractivity (Wildman–Crippen MR) is 297 cm³/mol. The van der Waals surface area contributed by atoms with E-state index in [0.717, 1.165) is 135 Å². The van der Waals surface area contributed by atoms with Gasteiger partial charge in [-0.1, -0.05) is 234 Å². The summed E-state index contributed by atoms with van der Waals surface area (Å²) in [5.41, 5.74) is 0. The highest BCUT2D eigenvalue weighted by Gasteiger charge is 2.19. The third kappa shape index (κ3) is 55.4. The van der Waals surface area contributed by atoms with Crippen molar-refractivity contribution in [3.05, 3.63) is 85.1 Å². The fraction of sp³-hybridized carbons (Fsp3) is 0.730. The van der Waals surface area contributed by atoms with Gasteiger partial charge < -0.3 is 14.2 Å². The first-order valence-electron chi connectivity index (χ1n) is 29.1. The summed E-state index contributed by atoms with van der Waals surface area (Å²) in [6.45, 7) is 6.40. The number of carbonyl (C=O) groups excluding carboxylic acids is 3. The maximum Gasteiger partial charge on any atom is 0.306 e. The van der Waals surface area contributed by atoms with Crippen LogP contribution in [0.2, 0.25) is 0 Å². The zero-order chi connectivity index (χ0) is 50.0. The Bertz CT molecular complexity index is 1330. The second-order valence-electron chi connectivity index (χ2n) is 19.1. The molecule has 0 aromatic carbocycles. The third-order valence-electron chi connectivity index (χ3n) is 12.4.